The first-order valence-corrected chi connectivity index (χ1v) is 9.40. The van der Waals surface area contributed by atoms with Crippen LogP contribution in [0.4, 0.5) is 0 Å². The normalized spacial score (nSPS) is 15.2. The standard InChI is InChI=1S/C22H34O4/c1-2-20(23)21(24)18-16-14-12-10-8-6-4-3-5-7-9-11-13-15-17-19-22(25)26/h3-4,7-10,13-16,20-21,23-24H,2,5-6,11-12,17-19H2,1H3,(H,25,26)/t20-,21+/m1/s1. The van der Waals surface area contributed by atoms with Crippen LogP contribution < -0.4 is 0 Å². The predicted molar refractivity (Wildman–Crippen MR) is 108 cm³/mol. The molecule has 0 aliphatic carbocycles. The highest BCUT2D eigenvalue weighted by atomic mass is 16.4. The van der Waals surface area contributed by atoms with E-state index >= 15 is 0 Å². The molecule has 26 heavy (non-hydrogen) atoms. The zero-order valence-electron chi connectivity index (χ0n) is 15.8. The van der Waals surface area contributed by atoms with Gasteiger partial charge >= 0.3 is 5.97 Å². The fraction of sp³-hybridized carbons (Fsp3) is 0.500. The Morgan fingerprint density at radius 2 is 1.15 bits per heavy atom. The molecule has 146 valence electrons. The number of hydrogen-bond acceptors (Lipinski definition) is 3. The molecule has 0 rings (SSSR count). The van der Waals surface area contributed by atoms with Crippen molar-refractivity contribution >= 4 is 5.97 Å². The maximum atomic E-state index is 10.3. The molecule has 0 radical (unpaired) electrons. The Kier molecular flexibility index (Phi) is 16.6. The lowest BCUT2D eigenvalue weighted by atomic mass is 10.1. The lowest BCUT2D eigenvalue weighted by Gasteiger charge is -2.13. The van der Waals surface area contributed by atoms with Crippen molar-refractivity contribution in [3.63, 3.8) is 0 Å². The van der Waals surface area contributed by atoms with Crippen LogP contribution in [0.1, 0.15) is 58.3 Å². The summed E-state index contributed by atoms with van der Waals surface area (Å²) in [6.45, 7) is 1.85. The Morgan fingerprint density at radius 3 is 1.58 bits per heavy atom. The van der Waals surface area contributed by atoms with Crippen molar-refractivity contribution in [2.45, 2.75) is 70.5 Å². The Bertz CT molecular complexity index is 486. The first kappa shape index (κ1) is 24.1. The maximum Gasteiger partial charge on any atom is 0.303 e. The smallest absolute Gasteiger partial charge is 0.303 e. The lowest BCUT2D eigenvalue weighted by Crippen LogP contribution is -2.23. The second-order valence-corrected chi connectivity index (χ2v) is 6.01. The molecular formula is C22H34O4. The van der Waals surface area contributed by atoms with Gasteiger partial charge in [0.15, 0.2) is 0 Å². The minimum absolute atomic E-state index is 0.191. The van der Waals surface area contributed by atoms with Crippen LogP contribution in [-0.2, 0) is 4.79 Å². The van der Waals surface area contributed by atoms with E-state index in [0.29, 0.717) is 19.3 Å². The third-order valence-corrected chi connectivity index (χ3v) is 3.69. The van der Waals surface area contributed by atoms with Crippen LogP contribution in [0, 0.1) is 0 Å². The van der Waals surface area contributed by atoms with Crippen molar-refractivity contribution < 1.29 is 20.1 Å². The number of aliphatic hydroxyl groups excluding tert-OH is 2. The van der Waals surface area contributed by atoms with E-state index in [2.05, 4.69) is 36.5 Å². The van der Waals surface area contributed by atoms with Crippen LogP contribution in [-0.4, -0.2) is 33.5 Å². The van der Waals surface area contributed by atoms with E-state index in [1.165, 1.54) is 0 Å². The van der Waals surface area contributed by atoms with E-state index in [4.69, 9.17) is 5.11 Å². The van der Waals surface area contributed by atoms with Gasteiger partial charge in [0.1, 0.15) is 0 Å². The second-order valence-electron chi connectivity index (χ2n) is 6.01. The Hall–Kier alpha value is -1.91. The zero-order chi connectivity index (χ0) is 19.5. The summed E-state index contributed by atoms with van der Waals surface area (Å²) in [4.78, 5) is 10.3. The average molecular weight is 363 g/mol. The fourth-order valence-corrected chi connectivity index (χ4v) is 2.07. The molecule has 0 saturated heterocycles. The molecule has 0 aliphatic rings. The number of carboxylic acids is 1. The van der Waals surface area contributed by atoms with E-state index in [-0.39, 0.29) is 6.42 Å². The van der Waals surface area contributed by atoms with E-state index in [1.807, 2.05) is 31.2 Å². The minimum atomic E-state index is -0.758. The van der Waals surface area contributed by atoms with Crippen molar-refractivity contribution in [3.8, 4) is 0 Å². The van der Waals surface area contributed by atoms with Crippen LogP contribution in [0.2, 0.25) is 0 Å². The molecule has 0 spiro atoms. The molecule has 0 aromatic heterocycles. The summed E-state index contributed by atoms with van der Waals surface area (Å²) >= 11 is 0. The summed E-state index contributed by atoms with van der Waals surface area (Å²) in [5.74, 6) is -0.758. The SMILES string of the molecule is CC[C@@H](O)[C@@H](O)CC=CCC=CCC=CCC=CCC=CCCC(=O)O. The van der Waals surface area contributed by atoms with Gasteiger partial charge in [0, 0.05) is 6.42 Å². The third kappa shape index (κ3) is 16.9. The molecule has 4 nitrogen and oxygen atoms in total. The summed E-state index contributed by atoms with van der Waals surface area (Å²) < 4.78 is 0. The number of carboxylic acid groups (broad SMARTS) is 1. The summed E-state index contributed by atoms with van der Waals surface area (Å²) in [6.07, 6.45) is 24.4. The Balaban J connectivity index is 3.61. The first-order valence-electron chi connectivity index (χ1n) is 9.40. The molecule has 2 atom stereocenters. The van der Waals surface area contributed by atoms with Crippen LogP contribution in [0.15, 0.2) is 60.8 Å². The summed E-state index contributed by atoms with van der Waals surface area (Å²) in [5, 5.41) is 27.5. The largest absolute Gasteiger partial charge is 0.481 e. The molecule has 3 N–H and O–H groups in total. The van der Waals surface area contributed by atoms with Gasteiger partial charge in [-0.05, 0) is 44.9 Å². The highest BCUT2D eigenvalue weighted by Crippen LogP contribution is 2.04. The van der Waals surface area contributed by atoms with E-state index in [1.54, 1.807) is 0 Å². The van der Waals surface area contributed by atoms with Crippen molar-refractivity contribution in [2.24, 2.45) is 0 Å². The van der Waals surface area contributed by atoms with Gasteiger partial charge in [-0.15, -0.1) is 0 Å². The number of aliphatic carboxylic acids is 1. The Morgan fingerprint density at radius 1 is 0.731 bits per heavy atom. The molecule has 0 heterocycles. The van der Waals surface area contributed by atoms with Gasteiger partial charge in [-0.1, -0.05) is 67.7 Å². The molecule has 0 fully saturated rings. The topological polar surface area (TPSA) is 77.8 Å². The van der Waals surface area contributed by atoms with E-state index in [0.717, 1.165) is 25.7 Å². The van der Waals surface area contributed by atoms with Gasteiger partial charge in [0.2, 0.25) is 0 Å². The quantitative estimate of drug-likeness (QED) is 0.369. The van der Waals surface area contributed by atoms with Gasteiger partial charge in [-0.2, -0.15) is 0 Å². The molecule has 4 heteroatoms. The van der Waals surface area contributed by atoms with Gasteiger partial charge in [0.05, 0.1) is 12.2 Å². The van der Waals surface area contributed by atoms with Gasteiger partial charge in [-0.3, -0.25) is 4.79 Å². The molecule has 0 amide bonds. The number of hydrogen-bond donors (Lipinski definition) is 3. The van der Waals surface area contributed by atoms with Crippen LogP contribution in [0.25, 0.3) is 0 Å². The first-order chi connectivity index (χ1) is 12.6. The van der Waals surface area contributed by atoms with E-state index < -0.39 is 18.2 Å². The predicted octanol–water partition coefficient (Wildman–Crippen LogP) is 4.71. The van der Waals surface area contributed by atoms with Crippen molar-refractivity contribution in [3.05, 3.63) is 60.8 Å². The number of aliphatic hydroxyl groups is 2. The van der Waals surface area contributed by atoms with Crippen LogP contribution in [0.5, 0.6) is 0 Å². The fourth-order valence-electron chi connectivity index (χ4n) is 2.07. The highest BCUT2D eigenvalue weighted by molar-refractivity contribution is 5.66. The molecule has 0 aliphatic heterocycles. The lowest BCUT2D eigenvalue weighted by molar-refractivity contribution is -0.136. The molecule has 0 aromatic rings. The van der Waals surface area contributed by atoms with E-state index in [9.17, 15) is 15.0 Å². The molecule has 0 unspecified atom stereocenters. The number of allylic oxidation sites excluding steroid dienone is 9. The number of carbonyl (C=O) groups is 1. The summed E-state index contributed by atoms with van der Waals surface area (Å²) in [7, 11) is 0. The molecule has 0 bridgehead atoms. The van der Waals surface area contributed by atoms with Crippen LogP contribution in [0.3, 0.4) is 0 Å². The van der Waals surface area contributed by atoms with Gasteiger partial charge in [0.25, 0.3) is 0 Å². The van der Waals surface area contributed by atoms with Crippen molar-refractivity contribution in [2.75, 3.05) is 0 Å². The molecule has 0 aromatic carbocycles. The highest BCUT2D eigenvalue weighted by Gasteiger charge is 2.11. The maximum absolute atomic E-state index is 10.3. The molecular weight excluding hydrogens is 328 g/mol. The summed E-state index contributed by atoms with van der Waals surface area (Å²) in [6, 6.07) is 0. The van der Waals surface area contributed by atoms with Gasteiger partial charge in [-0.25, -0.2) is 0 Å². The van der Waals surface area contributed by atoms with Crippen LogP contribution >= 0.6 is 0 Å². The monoisotopic (exact) mass is 362 g/mol. The van der Waals surface area contributed by atoms with Gasteiger partial charge < -0.3 is 15.3 Å². The summed E-state index contributed by atoms with van der Waals surface area (Å²) in [5.41, 5.74) is 0. The number of rotatable bonds is 15. The zero-order valence-corrected chi connectivity index (χ0v) is 15.8. The second kappa shape index (κ2) is 17.9. The minimum Gasteiger partial charge on any atom is -0.481 e. The van der Waals surface area contributed by atoms with Crippen molar-refractivity contribution in [1.29, 1.82) is 0 Å². The third-order valence-electron chi connectivity index (χ3n) is 3.69. The van der Waals surface area contributed by atoms with Crippen molar-refractivity contribution in [1.82, 2.24) is 0 Å². The Labute approximate surface area is 157 Å². The molecule has 0 saturated carbocycles. The average Bonchev–Trinajstić information content (AvgIpc) is 2.63.